The summed E-state index contributed by atoms with van der Waals surface area (Å²) in [7, 11) is 1.53. The Kier molecular flexibility index (Phi) is 4.64. The van der Waals surface area contributed by atoms with E-state index in [2.05, 4.69) is 0 Å². The number of alkyl halides is 1. The first-order valence-corrected chi connectivity index (χ1v) is 5.52. The molecule has 1 atom stereocenters. The number of aliphatic carboxylic acids is 1. The van der Waals surface area contributed by atoms with Gasteiger partial charge in [-0.05, 0) is 36.0 Å². The van der Waals surface area contributed by atoms with Crippen LogP contribution in [-0.4, -0.2) is 28.7 Å². The van der Waals surface area contributed by atoms with Gasteiger partial charge in [-0.2, -0.15) is 0 Å². The van der Waals surface area contributed by atoms with Gasteiger partial charge in [-0.1, -0.05) is 0 Å². The van der Waals surface area contributed by atoms with E-state index in [0.29, 0.717) is 10.6 Å². The normalized spacial score (nSPS) is 11.9. The zero-order valence-corrected chi connectivity index (χ0v) is 9.92. The molecule has 0 spiro atoms. The summed E-state index contributed by atoms with van der Waals surface area (Å²) in [5.41, 5.74) is 0. The Morgan fingerprint density at radius 3 is 2.38 bits per heavy atom. The van der Waals surface area contributed by atoms with E-state index in [0.717, 1.165) is 11.8 Å². The van der Waals surface area contributed by atoms with Crippen molar-refractivity contribution >= 4 is 34.4 Å². The lowest BCUT2D eigenvalue weighted by Crippen LogP contribution is -2.21. The first-order chi connectivity index (χ1) is 7.54. The fraction of sp³-hybridized carbons (Fsp3) is 0.200. The first-order valence-electron chi connectivity index (χ1n) is 4.27. The molecular formula is C10H9ClO4S. The Morgan fingerprint density at radius 2 is 1.94 bits per heavy atom. The van der Waals surface area contributed by atoms with Crippen molar-refractivity contribution in [3.63, 3.8) is 0 Å². The lowest BCUT2D eigenvalue weighted by Gasteiger charge is -2.04. The molecule has 0 radical (unpaired) electrons. The molecule has 6 heteroatoms. The lowest BCUT2D eigenvalue weighted by atomic mass is 10.3. The number of carboxylic acids is 1. The first kappa shape index (κ1) is 12.9. The van der Waals surface area contributed by atoms with E-state index in [1.54, 1.807) is 24.3 Å². The van der Waals surface area contributed by atoms with E-state index >= 15 is 0 Å². The second-order valence-corrected chi connectivity index (χ2v) is 4.31. The van der Waals surface area contributed by atoms with E-state index in [1.807, 2.05) is 0 Å². The van der Waals surface area contributed by atoms with Crippen LogP contribution in [0.4, 0.5) is 0 Å². The Morgan fingerprint density at radius 1 is 1.38 bits per heavy atom. The third kappa shape index (κ3) is 3.43. The number of benzene rings is 1. The van der Waals surface area contributed by atoms with E-state index < -0.39 is 16.5 Å². The number of halogens is 1. The summed E-state index contributed by atoms with van der Waals surface area (Å²) in [5, 5.41) is 6.39. The molecule has 1 rings (SSSR count). The van der Waals surface area contributed by atoms with Crippen molar-refractivity contribution in [2.75, 3.05) is 7.11 Å². The number of hydrogen-bond acceptors (Lipinski definition) is 4. The summed E-state index contributed by atoms with van der Waals surface area (Å²) in [5.74, 6) is -0.676. The standard InChI is InChI=1S/C10H9ClO4S/c1-15-6-2-4-7(5-3-6)16-10(14)8(11)9(12)13/h2-5,8H,1H3,(H,12,13). The Labute approximate surface area is 102 Å². The monoisotopic (exact) mass is 260 g/mol. The predicted octanol–water partition coefficient (Wildman–Crippen LogP) is 2.01. The molecular weight excluding hydrogens is 252 g/mol. The van der Waals surface area contributed by atoms with Crippen molar-refractivity contribution in [2.45, 2.75) is 10.3 Å². The summed E-state index contributed by atoms with van der Waals surface area (Å²) in [4.78, 5) is 22.4. The smallest absolute Gasteiger partial charge is 0.330 e. The number of carbonyl (C=O) groups excluding carboxylic acids is 1. The van der Waals surface area contributed by atoms with Crippen molar-refractivity contribution < 1.29 is 19.4 Å². The molecule has 1 aromatic rings. The van der Waals surface area contributed by atoms with Crippen molar-refractivity contribution in [3.8, 4) is 5.75 Å². The van der Waals surface area contributed by atoms with Crippen LogP contribution in [-0.2, 0) is 9.59 Å². The van der Waals surface area contributed by atoms with Crippen LogP contribution < -0.4 is 4.74 Å². The third-order valence-corrected chi connectivity index (χ3v) is 3.16. The molecule has 0 bridgehead atoms. The van der Waals surface area contributed by atoms with E-state index in [-0.39, 0.29) is 0 Å². The predicted molar refractivity (Wildman–Crippen MR) is 61.1 cm³/mol. The number of carboxylic acid groups (broad SMARTS) is 1. The molecule has 0 heterocycles. The van der Waals surface area contributed by atoms with Crippen LogP contribution in [0.3, 0.4) is 0 Å². The van der Waals surface area contributed by atoms with Crippen LogP contribution in [0.1, 0.15) is 0 Å². The van der Waals surface area contributed by atoms with Gasteiger partial charge in [0.15, 0.2) is 5.38 Å². The van der Waals surface area contributed by atoms with Crippen LogP contribution in [0, 0.1) is 0 Å². The van der Waals surface area contributed by atoms with E-state index in [9.17, 15) is 9.59 Å². The molecule has 0 aliphatic rings. The zero-order valence-electron chi connectivity index (χ0n) is 8.34. The van der Waals surface area contributed by atoms with Crippen molar-refractivity contribution in [1.82, 2.24) is 0 Å². The van der Waals surface area contributed by atoms with Crippen molar-refractivity contribution in [1.29, 1.82) is 0 Å². The van der Waals surface area contributed by atoms with Crippen molar-refractivity contribution in [3.05, 3.63) is 24.3 Å². The van der Waals surface area contributed by atoms with Gasteiger partial charge in [0.2, 0.25) is 5.12 Å². The van der Waals surface area contributed by atoms with Gasteiger partial charge in [0.1, 0.15) is 5.75 Å². The molecule has 1 N–H and O–H groups in total. The highest BCUT2D eigenvalue weighted by atomic mass is 35.5. The quantitative estimate of drug-likeness (QED) is 0.510. The molecule has 0 saturated carbocycles. The second kappa shape index (κ2) is 5.77. The van der Waals surface area contributed by atoms with Crippen LogP contribution in [0.5, 0.6) is 5.75 Å². The molecule has 0 aromatic heterocycles. The van der Waals surface area contributed by atoms with E-state index in [1.165, 1.54) is 7.11 Å². The number of rotatable bonds is 4. The zero-order chi connectivity index (χ0) is 12.1. The van der Waals surface area contributed by atoms with Crippen LogP contribution in [0.2, 0.25) is 0 Å². The van der Waals surface area contributed by atoms with Crippen LogP contribution in [0.25, 0.3) is 0 Å². The summed E-state index contributed by atoms with van der Waals surface area (Å²) < 4.78 is 4.95. The molecule has 0 amide bonds. The number of ether oxygens (including phenoxy) is 1. The average molecular weight is 261 g/mol. The molecule has 0 saturated heterocycles. The highest BCUT2D eigenvalue weighted by molar-refractivity contribution is 8.14. The highest BCUT2D eigenvalue weighted by Gasteiger charge is 2.23. The molecule has 86 valence electrons. The Bertz CT molecular complexity index is 390. The van der Waals surface area contributed by atoms with E-state index in [4.69, 9.17) is 21.4 Å². The van der Waals surface area contributed by atoms with Crippen molar-refractivity contribution in [2.24, 2.45) is 0 Å². The third-order valence-electron chi connectivity index (χ3n) is 1.70. The minimum absolute atomic E-state index is 0.612. The van der Waals surface area contributed by atoms with Gasteiger partial charge in [-0.25, -0.2) is 0 Å². The van der Waals surface area contributed by atoms with Gasteiger partial charge < -0.3 is 9.84 Å². The lowest BCUT2D eigenvalue weighted by molar-refractivity contribution is -0.138. The number of hydrogen-bond donors (Lipinski definition) is 1. The maximum Gasteiger partial charge on any atom is 0.330 e. The summed E-state index contributed by atoms with van der Waals surface area (Å²) >= 11 is 6.17. The average Bonchev–Trinajstić information content (AvgIpc) is 2.28. The summed E-state index contributed by atoms with van der Waals surface area (Å²) in [6.07, 6.45) is 0. The molecule has 4 nitrogen and oxygen atoms in total. The summed E-state index contributed by atoms with van der Waals surface area (Å²) in [6.45, 7) is 0. The second-order valence-electron chi connectivity index (χ2n) is 2.80. The summed E-state index contributed by atoms with van der Waals surface area (Å²) in [6, 6.07) is 6.68. The Hall–Kier alpha value is -1.20. The van der Waals surface area contributed by atoms with Crippen LogP contribution >= 0.6 is 23.4 Å². The highest BCUT2D eigenvalue weighted by Crippen LogP contribution is 2.24. The molecule has 0 fully saturated rings. The SMILES string of the molecule is COc1ccc(SC(=O)C(Cl)C(=O)O)cc1. The topological polar surface area (TPSA) is 63.6 Å². The van der Waals surface area contributed by atoms with Gasteiger partial charge in [0.05, 0.1) is 7.11 Å². The minimum Gasteiger partial charge on any atom is -0.497 e. The number of methoxy groups -OCH3 is 1. The van der Waals surface area contributed by atoms with Gasteiger partial charge in [0.25, 0.3) is 0 Å². The van der Waals surface area contributed by atoms with Crippen LogP contribution in [0.15, 0.2) is 29.2 Å². The van der Waals surface area contributed by atoms with Gasteiger partial charge >= 0.3 is 5.97 Å². The molecule has 16 heavy (non-hydrogen) atoms. The molecule has 0 aliphatic carbocycles. The molecule has 1 aromatic carbocycles. The van der Waals surface area contributed by atoms with Gasteiger partial charge in [0, 0.05) is 4.90 Å². The largest absolute Gasteiger partial charge is 0.497 e. The fourth-order valence-corrected chi connectivity index (χ4v) is 1.75. The Balaban J connectivity index is 2.66. The fourth-order valence-electron chi connectivity index (χ4n) is 0.912. The number of carbonyl (C=O) groups is 2. The van der Waals surface area contributed by atoms with Gasteiger partial charge in [-0.3, -0.25) is 9.59 Å². The molecule has 1 unspecified atom stereocenters. The number of thioether (sulfide) groups is 1. The molecule has 0 aliphatic heterocycles. The minimum atomic E-state index is -1.52. The maximum absolute atomic E-state index is 11.3. The maximum atomic E-state index is 11.3. The van der Waals surface area contributed by atoms with Gasteiger partial charge in [-0.15, -0.1) is 11.6 Å².